The highest BCUT2D eigenvalue weighted by Gasteiger charge is 2.24. The highest BCUT2D eigenvalue weighted by Crippen LogP contribution is 2.31. The van der Waals surface area contributed by atoms with Crippen molar-refractivity contribution in [1.29, 1.82) is 0 Å². The number of ether oxygens (including phenoxy) is 1. The van der Waals surface area contributed by atoms with Crippen molar-refractivity contribution in [3.8, 4) is 0 Å². The van der Waals surface area contributed by atoms with E-state index < -0.39 is 0 Å². The zero-order chi connectivity index (χ0) is 21.2. The molecular formula is C23H53NO2. The third-order valence-electron chi connectivity index (χ3n) is 3.83. The van der Waals surface area contributed by atoms with Crippen LogP contribution in [0, 0.1) is 5.92 Å². The van der Waals surface area contributed by atoms with Gasteiger partial charge in [0.1, 0.15) is 0 Å². The van der Waals surface area contributed by atoms with Gasteiger partial charge in [0.05, 0.1) is 6.10 Å². The van der Waals surface area contributed by atoms with E-state index in [1.165, 1.54) is 37.7 Å². The molecule has 2 aliphatic rings. The predicted octanol–water partition coefficient (Wildman–Crippen LogP) is 6.60. The van der Waals surface area contributed by atoms with Crippen molar-refractivity contribution >= 4 is 0 Å². The Labute approximate surface area is 167 Å². The second-order valence-electron chi connectivity index (χ2n) is 5.87. The van der Waals surface area contributed by atoms with Crippen LogP contribution in [0.2, 0.25) is 0 Å². The quantitative estimate of drug-likeness (QED) is 0.513. The first-order valence-corrected chi connectivity index (χ1v) is 11.1. The summed E-state index contributed by atoms with van der Waals surface area (Å²) in [5.74, 6) is 0.892. The van der Waals surface area contributed by atoms with Crippen molar-refractivity contribution < 1.29 is 9.84 Å². The molecule has 0 amide bonds. The van der Waals surface area contributed by atoms with E-state index in [0.29, 0.717) is 6.10 Å². The Balaban J connectivity index is -0.000000138. The van der Waals surface area contributed by atoms with Gasteiger partial charge in [-0.05, 0) is 44.7 Å². The Morgan fingerprint density at radius 3 is 1.54 bits per heavy atom. The van der Waals surface area contributed by atoms with Crippen LogP contribution in [-0.2, 0) is 4.74 Å². The van der Waals surface area contributed by atoms with Gasteiger partial charge in [-0.1, -0.05) is 86.8 Å². The van der Waals surface area contributed by atoms with Crippen molar-refractivity contribution in [2.75, 3.05) is 26.8 Å². The lowest BCUT2D eigenvalue weighted by Crippen LogP contribution is -2.28. The molecule has 0 atom stereocenters. The molecule has 2 aliphatic carbocycles. The molecular weight excluding hydrogens is 322 g/mol. The van der Waals surface area contributed by atoms with Crippen molar-refractivity contribution in [1.82, 2.24) is 5.32 Å². The van der Waals surface area contributed by atoms with Gasteiger partial charge in [0.2, 0.25) is 0 Å². The first-order valence-electron chi connectivity index (χ1n) is 11.1. The zero-order valence-electron chi connectivity index (χ0n) is 19.8. The maximum atomic E-state index is 7.00. The number of aliphatic hydroxyl groups excluding tert-OH is 1. The standard InChI is InChI=1S/C10H16O.C4H11N.C4H10.2C2H6.CH4O/c1-8-5-10(6-8)11-7-9-3-2-4-9;1-3-5-4-2;1-3-4-2;3*1-2/h9-10H,1-7H2;5H,3-4H2,1-2H3;3-4H2,1-2H3;2*1-2H3;2H,1H3. The van der Waals surface area contributed by atoms with Gasteiger partial charge >= 0.3 is 0 Å². The molecule has 2 N–H and O–H groups in total. The number of nitrogens with one attached hydrogen (secondary N) is 1. The third kappa shape index (κ3) is 25.9. The van der Waals surface area contributed by atoms with Crippen molar-refractivity contribution in [3.05, 3.63) is 12.2 Å². The normalized spacial score (nSPS) is 14.6. The van der Waals surface area contributed by atoms with Gasteiger partial charge in [-0.25, -0.2) is 0 Å². The molecule has 0 saturated heterocycles. The van der Waals surface area contributed by atoms with Crippen LogP contribution < -0.4 is 5.32 Å². The third-order valence-corrected chi connectivity index (χ3v) is 3.83. The first kappa shape index (κ1) is 33.2. The number of hydrogen-bond acceptors (Lipinski definition) is 3. The summed E-state index contributed by atoms with van der Waals surface area (Å²) in [5, 5.41) is 10.1. The molecule has 0 aromatic carbocycles. The van der Waals surface area contributed by atoms with Crippen LogP contribution in [0.1, 0.15) is 100 Å². The number of unbranched alkanes of at least 4 members (excludes halogenated alkanes) is 1. The number of hydrogen-bond donors (Lipinski definition) is 2. The summed E-state index contributed by atoms with van der Waals surface area (Å²) in [6.45, 7) is 23.7. The van der Waals surface area contributed by atoms with E-state index >= 15 is 0 Å². The Hall–Kier alpha value is -0.380. The minimum Gasteiger partial charge on any atom is -0.400 e. The second-order valence-corrected chi connectivity index (χ2v) is 5.87. The van der Waals surface area contributed by atoms with Crippen LogP contribution in [0.3, 0.4) is 0 Å². The van der Waals surface area contributed by atoms with Crippen molar-refractivity contribution in [2.24, 2.45) is 5.92 Å². The van der Waals surface area contributed by atoms with E-state index in [-0.39, 0.29) is 0 Å². The van der Waals surface area contributed by atoms with Crippen LogP contribution in [0.5, 0.6) is 0 Å². The molecule has 0 aromatic rings. The van der Waals surface area contributed by atoms with Gasteiger partial charge in [-0.3, -0.25) is 0 Å². The zero-order valence-corrected chi connectivity index (χ0v) is 19.8. The summed E-state index contributed by atoms with van der Waals surface area (Å²) in [4.78, 5) is 0. The average Bonchev–Trinajstić information content (AvgIpc) is 2.65. The van der Waals surface area contributed by atoms with Crippen LogP contribution in [-0.4, -0.2) is 38.0 Å². The SMILES string of the molecule is C=C1CC(OCC2CCC2)C1.CC.CC.CCCC.CCNCC.CO. The molecule has 2 saturated carbocycles. The van der Waals surface area contributed by atoms with E-state index in [1.54, 1.807) is 0 Å². The number of rotatable bonds is 6. The molecule has 2 fully saturated rings. The summed E-state index contributed by atoms with van der Waals surface area (Å²) in [5.41, 5.74) is 1.36. The lowest BCUT2D eigenvalue weighted by Gasteiger charge is -2.32. The summed E-state index contributed by atoms with van der Waals surface area (Å²) < 4.78 is 5.69. The van der Waals surface area contributed by atoms with Crippen LogP contribution in [0.25, 0.3) is 0 Å². The molecule has 3 heteroatoms. The summed E-state index contributed by atoms with van der Waals surface area (Å²) in [7, 11) is 1.00. The molecule has 162 valence electrons. The largest absolute Gasteiger partial charge is 0.400 e. The molecule has 2 rings (SSSR count). The van der Waals surface area contributed by atoms with E-state index in [9.17, 15) is 0 Å². The van der Waals surface area contributed by atoms with Crippen molar-refractivity contribution in [3.63, 3.8) is 0 Å². The van der Waals surface area contributed by atoms with Gasteiger partial charge in [0.15, 0.2) is 0 Å². The van der Waals surface area contributed by atoms with Gasteiger partial charge in [-0.2, -0.15) is 0 Å². The monoisotopic (exact) mass is 375 g/mol. The van der Waals surface area contributed by atoms with E-state index in [1.807, 2.05) is 27.7 Å². The van der Waals surface area contributed by atoms with Gasteiger partial charge in [0.25, 0.3) is 0 Å². The number of aliphatic hydroxyl groups is 1. The molecule has 0 radical (unpaired) electrons. The Kier molecular flexibility index (Phi) is 41.3. The molecule has 3 nitrogen and oxygen atoms in total. The fourth-order valence-corrected chi connectivity index (χ4v) is 1.88. The fourth-order valence-electron chi connectivity index (χ4n) is 1.88. The van der Waals surface area contributed by atoms with Crippen LogP contribution in [0.4, 0.5) is 0 Å². The minimum atomic E-state index is 0.531. The maximum absolute atomic E-state index is 7.00. The topological polar surface area (TPSA) is 41.5 Å². The highest BCUT2D eigenvalue weighted by molar-refractivity contribution is 5.08. The predicted molar refractivity (Wildman–Crippen MR) is 121 cm³/mol. The average molecular weight is 376 g/mol. The van der Waals surface area contributed by atoms with E-state index in [0.717, 1.165) is 45.6 Å². The second kappa shape index (κ2) is 32.3. The molecule has 26 heavy (non-hydrogen) atoms. The Bertz CT molecular complexity index is 216. The van der Waals surface area contributed by atoms with Crippen molar-refractivity contribution in [2.45, 2.75) is 106 Å². The van der Waals surface area contributed by atoms with Gasteiger partial charge in [0, 0.05) is 13.7 Å². The summed E-state index contributed by atoms with van der Waals surface area (Å²) in [6.07, 6.45) is 9.62. The smallest absolute Gasteiger partial charge is 0.0649 e. The molecule has 0 unspecified atom stereocenters. The summed E-state index contributed by atoms with van der Waals surface area (Å²) in [6, 6.07) is 0. The van der Waals surface area contributed by atoms with Gasteiger partial charge < -0.3 is 15.2 Å². The minimum absolute atomic E-state index is 0.531. The Morgan fingerprint density at radius 1 is 0.923 bits per heavy atom. The maximum Gasteiger partial charge on any atom is 0.0649 e. The molecule has 0 spiro atoms. The van der Waals surface area contributed by atoms with E-state index in [2.05, 4.69) is 39.6 Å². The molecule has 0 aliphatic heterocycles. The van der Waals surface area contributed by atoms with Gasteiger partial charge in [-0.15, -0.1) is 0 Å². The first-order chi connectivity index (χ1) is 12.7. The highest BCUT2D eigenvalue weighted by atomic mass is 16.5. The fraction of sp³-hybridized carbons (Fsp3) is 0.913. The summed E-state index contributed by atoms with van der Waals surface area (Å²) >= 11 is 0. The Morgan fingerprint density at radius 2 is 1.35 bits per heavy atom. The van der Waals surface area contributed by atoms with E-state index in [4.69, 9.17) is 9.84 Å². The lowest BCUT2D eigenvalue weighted by molar-refractivity contribution is -0.00805. The molecule has 0 heterocycles. The molecule has 0 bridgehead atoms. The lowest BCUT2D eigenvalue weighted by atomic mass is 9.85. The molecule has 0 aromatic heterocycles. The van der Waals surface area contributed by atoms with Crippen LogP contribution in [0.15, 0.2) is 12.2 Å². The van der Waals surface area contributed by atoms with Crippen LogP contribution >= 0.6 is 0 Å².